The first kappa shape index (κ1) is 18.7. The van der Waals surface area contributed by atoms with E-state index in [0.29, 0.717) is 23.4 Å². The Morgan fingerprint density at radius 3 is 2.60 bits per heavy atom. The van der Waals surface area contributed by atoms with E-state index in [1.807, 2.05) is 12.1 Å². The molecule has 1 aliphatic rings. The Bertz CT molecular complexity index is 1250. The van der Waals surface area contributed by atoms with Crippen LogP contribution in [0.15, 0.2) is 48.5 Å². The van der Waals surface area contributed by atoms with Gasteiger partial charge in [0.2, 0.25) is 5.95 Å². The first-order chi connectivity index (χ1) is 14.5. The molecule has 4 nitrogen and oxygen atoms in total. The maximum atomic E-state index is 13.6. The summed E-state index contributed by atoms with van der Waals surface area (Å²) >= 11 is 0. The minimum absolute atomic E-state index is 0.233. The molecule has 3 aromatic carbocycles. The van der Waals surface area contributed by atoms with Gasteiger partial charge >= 0.3 is 0 Å². The average Bonchev–Trinajstić information content (AvgIpc) is 3.13. The molecule has 1 atom stereocenters. The molecule has 0 radical (unpaired) electrons. The van der Waals surface area contributed by atoms with Crippen LogP contribution < -0.4 is 5.32 Å². The highest BCUT2D eigenvalue weighted by Crippen LogP contribution is 2.31. The molecule has 7 heteroatoms. The summed E-state index contributed by atoms with van der Waals surface area (Å²) in [4.78, 5) is 7.71. The summed E-state index contributed by atoms with van der Waals surface area (Å²) < 4.78 is 40.4. The molecular weight excluding hydrogens is 391 g/mol. The van der Waals surface area contributed by atoms with Gasteiger partial charge in [-0.25, -0.2) is 18.2 Å². The van der Waals surface area contributed by atoms with Gasteiger partial charge in [-0.1, -0.05) is 18.2 Å². The third-order valence-corrected chi connectivity index (χ3v) is 5.51. The van der Waals surface area contributed by atoms with Crippen LogP contribution in [0, 0.1) is 17.5 Å². The molecule has 0 bridgehead atoms. The van der Waals surface area contributed by atoms with Gasteiger partial charge in [0.25, 0.3) is 0 Å². The van der Waals surface area contributed by atoms with Crippen molar-refractivity contribution in [2.75, 3.05) is 5.32 Å². The molecular formula is C23H18F3N3O. The summed E-state index contributed by atoms with van der Waals surface area (Å²) in [5.41, 5.74) is 5.28. The maximum absolute atomic E-state index is 13.6. The quantitative estimate of drug-likeness (QED) is 0.406. The standard InChI is InChI=1S/C23H18F3N3O/c24-17-8-14(9-18(25)22(17)26)13-5-7-20-21(10-13)29-23(28-20)27-19-3-1-2-12-4-6-15(30)11-16(12)19/h1-3,5,7-10,15,30H,4,6,11H2,(H2,27,28,29). The molecule has 1 aromatic heterocycles. The Morgan fingerprint density at radius 2 is 1.80 bits per heavy atom. The van der Waals surface area contributed by atoms with Crippen molar-refractivity contribution < 1.29 is 18.3 Å². The summed E-state index contributed by atoms with van der Waals surface area (Å²) in [5.74, 6) is -3.43. The van der Waals surface area contributed by atoms with Crippen LogP contribution in [0.2, 0.25) is 0 Å². The zero-order valence-corrected chi connectivity index (χ0v) is 15.8. The number of imidazole rings is 1. The van der Waals surface area contributed by atoms with E-state index in [0.717, 1.165) is 41.7 Å². The number of aliphatic hydroxyl groups is 1. The number of H-pyrrole nitrogens is 1. The molecule has 0 aliphatic heterocycles. The van der Waals surface area contributed by atoms with Crippen LogP contribution >= 0.6 is 0 Å². The van der Waals surface area contributed by atoms with Crippen LogP contribution in [0.4, 0.5) is 24.8 Å². The molecule has 1 unspecified atom stereocenters. The van der Waals surface area contributed by atoms with Crippen molar-refractivity contribution in [2.24, 2.45) is 0 Å². The molecule has 30 heavy (non-hydrogen) atoms. The van der Waals surface area contributed by atoms with Gasteiger partial charge in [0.15, 0.2) is 17.5 Å². The predicted octanol–water partition coefficient (Wildman–Crippen LogP) is 5.24. The van der Waals surface area contributed by atoms with Crippen molar-refractivity contribution in [3.63, 3.8) is 0 Å². The lowest BCUT2D eigenvalue weighted by Crippen LogP contribution is -2.19. The first-order valence-corrected chi connectivity index (χ1v) is 9.68. The zero-order chi connectivity index (χ0) is 20.8. The minimum Gasteiger partial charge on any atom is -0.393 e. The van der Waals surface area contributed by atoms with E-state index >= 15 is 0 Å². The SMILES string of the molecule is OC1CCc2cccc(Nc3nc4cc(-c5cc(F)c(F)c(F)c5)ccc4[nH]3)c2C1. The lowest BCUT2D eigenvalue weighted by molar-refractivity contribution is 0.159. The van der Waals surface area contributed by atoms with E-state index in [2.05, 4.69) is 21.4 Å². The van der Waals surface area contributed by atoms with Gasteiger partial charge in [-0.15, -0.1) is 0 Å². The predicted molar refractivity (Wildman–Crippen MR) is 109 cm³/mol. The van der Waals surface area contributed by atoms with Gasteiger partial charge in [0, 0.05) is 12.1 Å². The normalized spacial score (nSPS) is 15.9. The fraction of sp³-hybridized carbons (Fsp3) is 0.174. The Morgan fingerprint density at radius 1 is 1.00 bits per heavy atom. The fourth-order valence-electron chi connectivity index (χ4n) is 3.98. The van der Waals surface area contributed by atoms with Gasteiger partial charge in [-0.05, 0) is 65.4 Å². The van der Waals surface area contributed by atoms with Gasteiger partial charge < -0.3 is 15.4 Å². The van der Waals surface area contributed by atoms with Crippen LogP contribution in [-0.4, -0.2) is 21.2 Å². The molecule has 5 rings (SSSR count). The number of nitrogens with one attached hydrogen (secondary N) is 2. The van der Waals surface area contributed by atoms with Crippen LogP contribution in [0.3, 0.4) is 0 Å². The molecule has 0 spiro atoms. The molecule has 1 heterocycles. The maximum Gasteiger partial charge on any atom is 0.205 e. The van der Waals surface area contributed by atoms with Crippen molar-refractivity contribution in [3.05, 3.63) is 77.1 Å². The number of nitrogens with zero attached hydrogens (tertiary/aromatic N) is 1. The number of hydrogen-bond acceptors (Lipinski definition) is 3. The van der Waals surface area contributed by atoms with Crippen molar-refractivity contribution in [3.8, 4) is 11.1 Å². The molecule has 1 aliphatic carbocycles. The van der Waals surface area contributed by atoms with E-state index in [-0.39, 0.29) is 11.7 Å². The monoisotopic (exact) mass is 409 g/mol. The number of aliphatic hydroxyl groups excluding tert-OH is 1. The van der Waals surface area contributed by atoms with Crippen molar-refractivity contribution >= 4 is 22.7 Å². The van der Waals surface area contributed by atoms with E-state index in [9.17, 15) is 18.3 Å². The fourth-order valence-corrected chi connectivity index (χ4v) is 3.98. The number of halogens is 3. The van der Waals surface area contributed by atoms with Gasteiger partial charge in [0.05, 0.1) is 17.1 Å². The molecule has 0 amide bonds. The van der Waals surface area contributed by atoms with Gasteiger partial charge in [0.1, 0.15) is 0 Å². The molecule has 0 fully saturated rings. The Hall–Kier alpha value is -3.32. The Kier molecular flexibility index (Phi) is 4.47. The highest BCUT2D eigenvalue weighted by Gasteiger charge is 2.19. The largest absolute Gasteiger partial charge is 0.393 e. The van der Waals surface area contributed by atoms with E-state index in [4.69, 9.17) is 0 Å². The third-order valence-electron chi connectivity index (χ3n) is 5.51. The van der Waals surface area contributed by atoms with Crippen molar-refractivity contribution in [1.82, 2.24) is 9.97 Å². The lowest BCUT2D eigenvalue weighted by Gasteiger charge is -2.23. The number of rotatable bonds is 3. The minimum atomic E-state index is -1.48. The van der Waals surface area contributed by atoms with Gasteiger partial charge in [-0.3, -0.25) is 0 Å². The lowest BCUT2D eigenvalue weighted by atomic mass is 9.88. The summed E-state index contributed by atoms with van der Waals surface area (Å²) in [5, 5.41) is 13.3. The third kappa shape index (κ3) is 3.31. The van der Waals surface area contributed by atoms with E-state index < -0.39 is 17.5 Å². The van der Waals surface area contributed by atoms with Crippen LogP contribution in [0.1, 0.15) is 17.5 Å². The second-order valence-corrected chi connectivity index (χ2v) is 7.54. The summed E-state index contributed by atoms with van der Waals surface area (Å²) in [6.45, 7) is 0. The van der Waals surface area contributed by atoms with Crippen LogP contribution in [-0.2, 0) is 12.8 Å². The van der Waals surface area contributed by atoms with Crippen LogP contribution in [0.5, 0.6) is 0 Å². The van der Waals surface area contributed by atoms with E-state index in [1.54, 1.807) is 18.2 Å². The summed E-state index contributed by atoms with van der Waals surface area (Å²) in [6, 6.07) is 13.0. The van der Waals surface area contributed by atoms with E-state index in [1.165, 1.54) is 5.56 Å². The second-order valence-electron chi connectivity index (χ2n) is 7.54. The Labute approximate surface area is 170 Å². The summed E-state index contributed by atoms with van der Waals surface area (Å²) in [7, 11) is 0. The number of hydrogen-bond donors (Lipinski definition) is 3. The molecule has 0 saturated heterocycles. The number of aromatic nitrogens is 2. The highest BCUT2D eigenvalue weighted by atomic mass is 19.2. The van der Waals surface area contributed by atoms with Crippen molar-refractivity contribution in [1.29, 1.82) is 0 Å². The highest BCUT2D eigenvalue weighted by molar-refractivity contribution is 5.84. The number of benzene rings is 3. The number of fused-ring (bicyclic) bond motifs is 2. The zero-order valence-electron chi connectivity index (χ0n) is 15.8. The Balaban J connectivity index is 1.48. The average molecular weight is 409 g/mol. The number of aryl methyl sites for hydroxylation is 1. The molecule has 152 valence electrons. The van der Waals surface area contributed by atoms with Crippen LogP contribution in [0.25, 0.3) is 22.2 Å². The molecule has 0 saturated carbocycles. The molecule has 4 aromatic rings. The molecule has 3 N–H and O–H groups in total. The second kappa shape index (κ2) is 7.18. The van der Waals surface area contributed by atoms with Crippen molar-refractivity contribution in [2.45, 2.75) is 25.4 Å². The number of anilines is 2. The summed E-state index contributed by atoms with van der Waals surface area (Å²) in [6.07, 6.45) is 1.83. The number of aromatic amines is 1. The van der Waals surface area contributed by atoms with Gasteiger partial charge in [-0.2, -0.15) is 0 Å². The smallest absolute Gasteiger partial charge is 0.205 e. The topological polar surface area (TPSA) is 60.9 Å². The first-order valence-electron chi connectivity index (χ1n) is 9.68.